The molecule has 130 valence electrons. The highest BCUT2D eigenvalue weighted by atomic mass is 32.1. The molecule has 0 bridgehead atoms. The summed E-state index contributed by atoms with van der Waals surface area (Å²) in [7, 11) is 0. The summed E-state index contributed by atoms with van der Waals surface area (Å²) in [5.41, 5.74) is 1.16. The lowest BCUT2D eigenvalue weighted by molar-refractivity contribution is 0.451. The highest BCUT2D eigenvalue weighted by Gasteiger charge is 2.15. The second-order valence-electron chi connectivity index (χ2n) is 6.03. The third kappa shape index (κ3) is 3.26. The SMILES string of the molecule is Cc1nc(Oc2cccc(Oc3ccccc3)c2)c2c(C)c(C)sc2n1. The minimum atomic E-state index is 0.589. The number of hydrogen-bond donors (Lipinski definition) is 0. The number of benzene rings is 2. The van der Waals surface area contributed by atoms with Crippen molar-refractivity contribution in [2.75, 3.05) is 0 Å². The van der Waals surface area contributed by atoms with Crippen molar-refractivity contribution in [1.82, 2.24) is 9.97 Å². The van der Waals surface area contributed by atoms with E-state index in [1.165, 1.54) is 4.88 Å². The Labute approximate surface area is 156 Å². The summed E-state index contributed by atoms with van der Waals surface area (Å²) in [6.07, 6.45) is 0. The first-order valence-electron chi connectivity index (χ1n) is 8.35. The number of ether oxygens (including phenoxy) is 2. The van der Waals surface area contributed by atoms with E-state index in [1.807, 2.05) is 61.5 Å². The van der Waals surface area contributed by atoms with Crippen molar-refractivity contribution in [2.24, 2.45) is 0 Å². The molecule has 0 saturated heterocycles. The molecule has 2 aromatic carbocycles. The summed E-state index contributed by atoms with van der Waals surface area (Å²) in [5.74, 6) is 3.47. The highest BCUT2D eigenvalue weighted by molar-refractivity contribution is 7.18. The predicted octanol–water partition coefficient (Wildman–Crippen LogP) is 6.20. The summed E-state index contributed by atoms with van der Waals surface area (Å²) in [4.78, 5) is 11.2. The molecule has 4 aromatic rings. The van der Waals surface area contributed by atoms with Crippen molar-refractivity contribution in [2.45, 2.75) is 20.8 Å². The van der Waals surface area contributed by atoms with E-state index >= 15 is 0 Å². The van der Waals surface area contributed by atoms with E-state index in [0.717, 1.165) is 21.5 Å². The molecule has 2 heterocycles. The van der Waals surface area contributed by atoms with Gasteiger partial charge in [0.2, 0.25) is 5.88 Å². The monoisotopic (exact) mass is 362 g/mol. The molecule has 0 aliphatic rings. The highest BCUT2D eigenvalue weighted by Crippen LogP contribution is 2.37. The minimum Gasteiger partial charge on any atom is -0.457 e. The number of rotatable bonds is 4. The smallest absolute Gasteiger partial charge is 0.231 e. The number of hydrogen-bond acceptors (Lipinski definition) is 5. The maximum absolute atomic E-state index is 6.12. The first kappa shape index (κ1) is 16.5. The van der Waals surface area contributed by atoms with Gasteiger partial charge in [0, 0.05) is 10.9 Å². The molecular weight excluding hydrogens is 344 g/mol. The molecule has 0 N–H and O–H groups in total. The van der Waals surface area contributed by atoms with E-state index in [9.17, 15) is 0 Å². The fourth-order valence-electron chi connectivity index (χ4n) is 2.73. The largest absolute Gasteiger partial charge is 0.457 e. The molecule has 0 spiro atoms. The Morgan fingerprint density at radius 1 is 0.769 bits per heavy atom. The zero-order valence-electron chi connectivity index (χ0n) is 14.8. The van der Waals surface area contributed by atoms with Crippen LogP contribution in [0.1, 0.15) is 16.3 Å². The van der Waals surface area contributed by atoms with Gasteiger partial charge in [0.25, 0.3) is 0 Å². The second kappa shape index (κ2) is 6.77. The van der Waals surface area contributed by atoms with Gasteiger partial charge in [0.05, 0.1) is 5.39 Å². The van der Waals surface area contributed by atoms with Gasteiger partial charge in [0.15, 0.2) is 0 Å². The standard InChI is InChI=1S/C21H18N2O2S/c1-13-14(2)26-21-19(13)20(22-15(3)23-21)25-18-11-7-10-17(12-18)24-16-8-5-4-6-9-16/h4-12H,1-3H3. The van der Waals surface area contributed by atoms with E-state index in [2.05, 4.69) is 23.8 Å². The van der Waals surface area contributed by atoms with Crippen LogP contribution in [0.5, 0.6) is 23.1 Å². The van der Waals surface area contributed by atoms with Gasteiger partial charge in [-0.05, 0) is 50.6 Å². The zero-order valence-corrected chi connectivity index (χ0v) is 15.6. The van der Waals surface area contributed by atoms with Crippen molar-refractivity contribution in [1.29, 1.82) is 0 Å². The van der Waals surface area contributed by atoms with Gasteiger partial charge in [-0.2, -0.15) is 4.98 Å². The van der Waals surface area contributed by atoms with Crippen molar-refractivity contribution >= 4 is 21.6 Å². The Balaban J connectivity index is 1.68. The molecule has 5 heteroatoms. The summed E-state index contributed by atoms with van der Waals surface area (Å²) >= 11 is 1.67. The van der Waals surface area contributed by atoms with Crippen LogP contribution in [0.3, 0.4) is 0 Å². The number of thiophene rings is 1. The fourth-order valence-corrected chi connectivity index (χ4v) is 3.79. The first-order valence-corrected chi connectivity index (χ1v) is 9.17. The normalized spacial score (nSPS) is 10.9. The number of fused-ring (bicyclic) bond motifs is 1. The average Bonchev–Trinajstić information content (AvgIpc) is 2.90. The second-order valence-corrected chi connectivity index (χ2v) is 7.23. The number of nitrogens with zero attached hydrogens (tertiary/aromatic N) is 2. The average molecular weight is 362 g/mol. The quantitative estimate of drug-likeness (QED) is 0.433. The van der Waals surface area contributed by atoms with Gasteiger partial charge < -0.3 is 9.47 Å². The molecule has 4 nitrogen and oxygen atoms in total. The van der Waals surface area contributed by atoms with Crippen LogP contribution >= 0.6 is 11.3 Å². The van der Waals surface area contributed by atoms with Gasteiger partial charge >= 0.3 is 0 Å². The molecule has 2 aromatic heterocycles. The van der Waals surface area contributed by atoms with Gasteiger partial charge in [-0.1, -0.05) is 24.3 Å². The van der Waals surface area contributed by atoms with E-state index in [0.29, 0.717) is 23.2 Å². The Hall–Kier alpha value is -2.92. The van der Waals surface area contributed by atoms with Gasteiger partial charge in [-0.3, -0.25) is 0 Å². The van der Waals surface area contributed by atoms with Crippen LogP contribution in [0, 0.1) is 20.8 Å². The van der Waals surface area contributed by atoms with Crippen molar-refractivity contribution < 1.29 is 9.47 Å². The molecule has 0 unspecified atom stereocenters. The molecule has 0 aliphatic carbocycles. The summed E-state index contributed by atoms with van der Waals surface area (Å²) < 4.78 is 12.0. The molecule has 0 saturated carbocycles. The van der Waals surface area contributed by atoms with Crippen LogP contribution in [-0.4, -0.2) is 9.97 Å². The number of aromatic nitrogens is 2. The third-order valence-corrected chi connectivity index (χ3v) is 5.21. The molecule has 4 rings (SSSR count). The van der Waals surface area contributed by atoms with Crippen molar-refractivity contribution in [3.8, 4) is 23.1 Å². The van der Waals surface area contributed by atoms with Crippen LogP contribution in [-0.2, 0) is 0 Å². The van der Waals surface area contributed by atoms with Crippen LogP contribution in [0.2, 0.25) is 0 Å². The molecule has 0 fully saturated rings. The summed E-state index contributed by atoms with van der Waals surface area (Å²) in [6.45, 7) is 6.05. The molecule has 26 heavy (non-hydrogen) atoms. The van der Waals surface area contributed by atoms with Gasteiger partial charge in [0.1, 0.15) is 27.9 Å². The maximum atomic E-state index is 6.12. The Morgan fingerprint density at radius 2 is 1.46 bits per heavy atom. The summed E-state index contributed by atoms with van der Waals surface area (Å²) in [6, 6.07) is 17.3. The first-order chi connectivity index (χ1) is 12.6. The van der Waals surface area contributed by atoms with E-state index < -0.39 is 0 Å². The molecule has 0 aliphatic heterocycles. The van der Waals surface area contributed by atoms with Crippen molar-refractivity contribution in [3.05, 3.63) is 70.9 Å². The number of para-hydroxylation sites is 1. The Kier molecular flexibility index (Phi) is 4.31. The molecule has 0 atom stereocenters. The van der Waals surface area contributed by atoms with Gasteiger partial charge in [-0.25, -0.2) is 4.98 Å². The van der Waals surface area contributed by atoms with Crippen LogP contribution in [0.15, 0.2) is 54.6 Å². The third-order valence-electron chi connectivity index (χ3n) is 4.11. The minimum absolute atomic E-state index is 0.589. The van der Waals surface area contributed by atoms with E-state index in [-0.39, 0.29) is 0 Å². The van der Waals surface area contributed by atoms with Crippen molar-refractivity contribution in [3.63, 3.8) is 0 Å². The van der Waals surface area contributed by atoms with Gasteiger partial charge in [-0.15, -0.1) is 11.3 Å². The lowest BCUT2D eigenvalue weighted by atomic mass is 10.2. The topological polar surface area (TPSA) is 44.2 Å². The molecule has 0 radical (unpaired) electrons. The summed E-state index contributed by atoms with van der Waals surface area (Å²) in [5, 5.41) is 0.979. The Bertz CT molecular complexity index is 1070. The van der Waals surface area contributed by atoms with Crippen LogP contribution in [0.25, 0.3) is 10.2 Å². The zero-order chi connectivity index (χ0) is 18.1. The lowest BCUT2D eigenvalue weighted by Gasteiger charge is -2.10. The van der Waals surface area contributed by atoms with Crippen LogP contribution < -0.4 is 9.47 Å². The fraction of sp³-hybridized carbons (Fsp3) is 0.143. The molecule has 0 amide bonds. The molecular formula is C21H18N2O2S. The van der Waals surface area contributed by atoms with Crippen LogP contribution in [0.4, 0.5) is 0 Å². The maximum Gasteiger partial charge on any atom is 0.231 e. The van der Waals surface area contributed by atoms with E-state index in [4.69, 9.17) is 9.47 Å². The van der Waals surface area contributed by atoms with E-state index in [1.54, 1.807) is 11.3 Å². The Morgan fingerprint density at radius 3 is 2.23 bits per heavy atom. The number of aryl methyl sites for hydroxylation is 3. The lowest BCUT2D eigenvalue weighted by Crippen LogP contribution is -1.94. The predicted molar refractivity (Wildman–Crippen MR) is 105 cm³/mol.